The van der Waals surface area contributed by atoms with Crippen LogP contribution in [0.25, 0.3) is 0 Å². The highest BCUT2D eigenvalue weighted by Crippen LogP contribution is 2.10. The lowest BCUT2D eigenvalue weighted by Gasteiger charge is -2.19. The zero-order valence-electron chi connectivity index (χ0n) is 13.7. The molecule has 0 radical (unpaired) electrons. The predicted octanol–water partition coefficient (Wildman–Crippen LogP) is 2.82. The lowest BCUT2D eigenvalue weighted by molar-refractivity contribution is -0.125. The van der Waals surface area contributed by atoms with Crippen molar-refractivity contribution in [3.05, 3.63) is 0 Å². The Morgan fingerprint density at radius 2 is 1.70 bits per heavy atom. The number of carbonyl (C=O) groups excluding carboxylic acids is 1. The molecule has 0 aromatic heterocycles. The molecule has 0 unspecified atom stereocenters. The first-order valence-corrected chi connectivity index (χ1v) is 8.33. The van der Waals surface area contributed by atoms with Crippen molar-refractivity contribution in [2.75, 3.05) is 39.9 Å². The van der Waals surface area contributed by atoms with Gasteiger partial charge in [0.1, 0.15) is 6.61 Å². The molecule has 0 saturated carbocycles. The Bertz CT molecular complexity index is 215. The van der Waals surface area contributed by atoms with Gasteiger partial charge in [0.2, 0.25) is 5.91 Å². The number of rotatable bonds is 8. The van der Waals surface area contributed by atoms with Crippen LogP contribution in [0.2, 0.25) is 0 Å². The molecule has 0 spiro atoms. The van der Waals surface area contributed by atoms with E-state index in [1.165, 1.54) is 58.2 Å². The van der Waals surface area contributed by atoms with Gasteiger partial charge in [-0.1, -0.05) is 26.7 Å². The summed E-state index contributed by atoms with van der Waals surface area (Å²) in [6.07, 6.45) is 9.07. The van der Waals surface area contributed by atoms with Crippen molar-refractivity contribution in [2.24, 2.45) is 0 Å². The van der Waals surface area contributed by atoms with Gasteiger partial charge in [-0.25, -0.2) is 0 Å². The summed E-state index contributed by atoms with van der Waals surface area (Å²) in [5.74, 6) is -0.0421. The average Bonchev–Trinajstić information content (AvgIpc) is 2.76. The molecule has 1 aliphatic heterocycles. The van der Waals surface area contributed by atoms with Crippen LogP contribution in [0.15, 0.2) is 0 Å². The molecule has 1 N–H and O–H groups in total. The van der Waals surface area contributed by atoms with Crippen molar-refractivity contribution in [3.63, 3.8) is 0 Å². The van der Waals surface area contributed by atoms with Gasteiger partial charge in [-0.3, -0.25) is 4.79 Å². The van der Waals surface area contributed by atoms with E-state index in [2.05, 4.69) is 10.2 Å². The normalized spacial score (nSPS) is 15.9. The fourth-order valence-corrected chi connectivity index (χ4v) is 2.31. The molecule has 4 heteroatoms. The van der Waals surface area contributed by atoms with Crippen LogP contribution in [0, 0.1) is 0 Å². The molecular formula is C16H34N2O2. The summed E-state index contributed by atoms with van der Waals surface area (Å²) in [5.41, 5.74) is 0. The van der Waals surface area contributed by atoms with E-state index in [0.29, 0.717) is 6.61 Å². The molecule has 1 heterocycles. The van der Waals surface area contributed by atoms with Gasteiger partial charge in [0.25, 0.3) is 0 Å². The van der Waals surface area contributed by atoms with E-state index < -0.39 is 0 Å². The number of nitrogens with zero attached hydrogens (tertiary/aromatic N) is 1. The maximum atomic E-state index is 10.9. The summed E-state index contributed by atoms with van der Waals surface area (Å²) in [6.45, 7) is 8.70. The van der Waals surface area contributed by atoms with E-state index in [0.717, 1.165) is 6.42 Å². The lowest BCUT2D eigenvalue weighted by atomic mass is 10.2. The van der Waals surface area contributed by atoms with Crippen molar-refractivity contribution in [1.29, 1.82) is 0 Å². The minimum absolute atomic E-state index is 0.0421. The number of likely N-dealkylation sites (tertiary alicyclic amines) is 1. The molecule has 1 amide bonds. The summed E-state index contributed by atoms with van der Waals surface area (Å²) in [4.78, 5) is 13.5. The fraction of sp³-hybridized carbons (Fsp3) is 0.938. The summed E-state index contributed by atoms with van der Waals surface area (Å²) in [5, 5.41) is 2.55. The Labute approximate surface area is 125 Å². The third kappa shape index (κ3) is 11.2. The zero-order chi connectivity index (χ0) is 15.1. The SMILES string of the molecule is CC.CNC(=O)COCCCCCN1CCCCCC1. The minimum Gasteiger partial charge on any atom is -0.372 e. The number of unbranched alkanes of at least 4 members (excludes halogenated alkanes) is 2. The lowest BCUT2D eigenvalue weighted by Crippen LogP contribution is -2.25. The highest BCUT2D eigenvalue weighted by Gasteiger charge is 2.07. The number of likely N-dealkylation sites (N-methyl/N-ethyl adjacent to an activating group) is 1. The standard InChI is InChI=1S/C14H28N2O2.C2H6/c1-15-14(17)13-18-12-8-4-7-11-16-9-5-2-3-6-10-16;1-2/h2-13H2,1H3,(H,15,17);1-2H3. The third-order valence-corrected chi connectivity index (χ3v) is 3.47. The topological polar surface area (TPSA) is 41.6 Å². The number of ether oxygens (including phenoxy) is 1. The first-order chi connectivity index (χ1) is 9.83. The Kier molecular flexibility index (Phi) is 14.3. The van der Waals surface area contributed by atoms with Gasteiger partial charge in [0.15, 0.2) is 0 Å². The van der Waals surface area contributed by atoms with Crippen LogP contribution < -0.4 is 5.32 Å². The summed E-state index contributed by atoms with van der Waals surface area (Å²) in [6, 6.07) is 0. The molecule has 0 atom stereocenters. The third-order valence-electron chi connectivity index (χ3n) is 3.47. The first kappa shape index (κ1) is 19.4. The number of hydrogen-bond acceptors (Lipinski definition) is 3. The number of hydrogen-bond donors (Lipinski definition) is 1. The molecule has 1 saturated heterocycles. The summed E-state index contributed by atoms with van der Waals surface area (Å²) < 4.78 is 5.27. The molecule has 1 aliphatic rings. The molecule has 0 aromatic carbocycles. The van der Waals surface area contributed by atoms with Crippen LogP contribution in [-0.2, 0) is 9.53 Å². The Morgan fingerprint density at radius 1 is 1.05 bits per heavy atom. The van der Waals surface area contributed by atoms with Crippen LogP contribution in [-0.4, -0.2) is 50.7 Å². The maximum absolute atomic E-state index is 10.9. The summed E-state index contributed by atoms with van der Waals surface area (Å²) >= 11 is 0. The summed E-state index contributed by atoms with van der Waals surface area (Å²) in [7, 11) is 1.63. The van der Waals surface area contributed by atoms with Gasteiger partial charge in [0.05, 0.1) is 0 Å². The molecule has 120 valence electrons. The van der Waals surface area contributed by atoms with Crippen LogP contribution >= 0.6 is 0 Å². The van der Waals surface area contributed by atoms with E-state index >= 15 is 0 Å². The molecule has 20 heavy (non-hydrogen) atoms. The van der Waals surface area contributed by atoms with E-state index in [-0.39, 0.29) is 12.5 Å². The van der Waals surface area contributed by atoms with Crippen LogP contribution in [0.1, 0.15) is 58.8 Å². The number of amides is 1. The fourth-order valence-electron chi connectivity index (χ4n) is 2.31. The van der Waals surface area contributed by atoms with Crippen molar-refractivity contribution < 1.29 is 9.53 Å². The second-order valence-corrected chi connectivity index (χ2v) is 5.04. The Balaban J connectivity index is 0.00000172. The number of nitrogens with one attached hydrogen (secondary N) is 1. The Morgan fingerprint density at radius 3 is 2.30 bits per heavy atom. The molecule has 0 bridgehead atoms. The minimum atomic E-state index is -0.0421. The number of carbonyl (C=O) groups is 1. The smallest absolute Gasteiger partial charge is 0.245 e. The van der Waals surface area contributed by atoms with E-state index in [1.54, 1.807) is 7.05 Å². The van der Waals surface area contributed by atoms with Gasteiger partial charge < -0.3 is 15.0 Å². The largest absolute Gasteiger partial charge is 0.372 e. The van der Waals surface area contributed by atoms with Gasteiger partial charge in [0, 0.05) is 13.7 Å². The van der Waals surface area contributed by atoms with Crippen LogP contribution in [0.5, 0.6) is 0 Å². The first-order valence-electron chi connectivity index (χ1n) is 8.33. The van der Waals surface area contributed by atoms with E-state index in [9.17, 15) is 4.79 Å². The maximum Gasteiger partial charge on any atom is 0.245 e. The second kappa shape index (κ2) is 14.8. The van der Waals surface area contributed by atoms with Gasteiger partial charge in [-0.05, 0) is 51.7 Å². The zero-order valence-corrected chi connectivity index (χ0v) is 13.7. The van der Waals surface area contributed by atoms with Crippen molar-refractivity contribution in [1.82, 2.24) is 10.2 Å². The molecule has 0 aliphatic carbocycles. The molecular weight excluding hydrogens is 252 g/mol. The Hall–Kier alpha value is -0.610. The van der Waals surface area contributed by atoms with Gasteiger partial charge in [-0.2, -0.15) is 0 Å². The quantitative estimate of drug-likeness (QED) is 0.698. The highest BCUT2D eigenvalue weighted by atomic mass is 16.5. The van der Waals surface area contributed by atoms with Crippen LogP contribution in [0.4, 0.5) is 0 Å². The molecule has 1 fully saturated rings. The van der Waals surface area contributed by atoms with Crippen molar-refractivity contribution in [3.8, 4) is 0 Å². The van der Waals surface area contributed by atoms with Gasteiger partial charge in [-0.15, -0.1) is 0 Å². The van der Waals surface area contributed by atoms with Crippen molar-refractivity contribution >= 4 is 5.91 Å². The van der Waals surface area contributed by atoms with Gasteiger partial charge >= 0.3 is 0 Å². The van der Waals surface area contributed by atoms with E-state index in [4.69, 9.17) is 4.74 Å². The predicted molar refractivity (Wildman–Crippen MR) is 85.0 cm³/mol. The average molecular weight is 286 g/mol. The molecule has 1 rings (SSSR count). The van der Waals surface area contributed by atoms with Crippen LogP contribution in [0.3, 0.4) is 0 Å². The van der Waals surface area contributed by atoms with E-state index in [1.807, 2.05) is 13.8 Å². The molecule has 4 nitrogen and oxygen atoms in total. The second-order valence-electron chi connectivity index (χ2n) is 5.04. The highest BCUT2D eigenvalue weighted by molar-refractivity contribution is 5.76. The molecule has 0 aromatic rings. The monoisotopic (exact) mass is 286 g/mol. The van der Waals surface area contributed by atoms with Crippen molar-refractivity contribution in [2.45, 2.75) is 58.8 Å².